The zero-order valence-electron chi connectivity index (χ0n) is 14.8. The first kappa shape index (κ1) is 17.9. The van der Waals surface area contributed by atoms with Crippen LogP contribution in [0.1, 0.15) is 5.56 Å². The molecule has 0 spiro atoms. The van der Waals surface area contributed by atoms with E-state index in [1.54, 1.807) is 37.3 Å². The summed E-state index contributed by atoms with van der Waals surface area (Å²) in [6.45, 7) is 1.65. The number of H-pyrrole nitrogens is 1. The molecule has 0 saturated carbocycles. The molecule has 1 aromatic heterocycles. The molecule has 0 aliphatic rings. The maximum atomic E-state index is 12.8. The first-order chi connectivity index (χ1) is 13.4. The van der Waals surface area contributed by atoms with Crippen LogP contribution in [-0.4, -0.2) is 13.4 Å². The minimum Gasteiger partial charge on any atom is -0.457 e. The van der Waals surface area contributed by atoms with E-state index in [-0.39, 0.29) is 10.5 Å². The van der Waals surface area contributed by atoms with E-state index >= 15 is 0 Å². The van der Waals surface area contributed by atoms with Crippen LogP contribution < -0.4 is 15.2 Å². The lowest BCUT2D eigenvalue weighted by Crippen LogP contribution is -2.14. The van der Waals surface area contributed by atoms with Crippen LogP contribution in [-0.2, 0) is 10.0 Å². The average molecular weight is 396 g/mol. The summed E-state index contributed by atoms with van der Waals surface area (Å²) in [5.41, 5.74) is 1.50. The van der Waals surface area contributed by atoms with Gasteiger partial charge in [0.25, 0.3) is 10.0 Å². The number of para-hydroxylation sites is 1. The van der Waals surface area contributed by atoms with Gasteiger partial charge in [-0.25, -0.2) is 13.2 Å². The summed E-state index contributed by atoms with van der Waals surface area (Å²) < 4.78 is 38.7. The average Bonchev–Trinajstić information content (AvgIpc) is 3.02. The molecule has 8 heteroatoms. The maximum absolute atomic E-state index is 12.8. The normalized spacial score (nSPS) is 11.5. The minimum atomic E-state index is -3.86. The van der Waals surface area contributed by atoms with Crippen molar-refractivity contribution in [2.75, 3.05) is 4.72 Å². The minimum absolute atomic E-state index is 0.0346. The molecule has 0 saturated heterocycles. The second kappa shape index (κ2) is 6.90. The number of aromatic amines is 1. The molecule has 3 aromatic carbocycles. The van der Waals surface area contributed by atoms with Crippen molar-refractivity contribution in [2.24, 2.45) is 0 Å². The molecule has 0 aliphatic carbocycles. The van der Waals surface area contributed by atoms with Gasteiger partial charge in [0.05, 0.1) is 10.4 Å². The van der Waals surface area contributed by atoms with E-state index in [4.69, 9.17) is 9.15 Å². The molecule has 28 heavy (non-hydrogen) atoms. The highest BCUT2D eigenvalue weighted by molar-refractivity contribution is 7.92. The number of aryl methyl sites for hydroxylation is 1. The molecule has 0 atom stereocenters. The van der Waals surface area contributed by atoms with Gasteiger partial charge in [-0.2, -0.15) is 0 Å². The molecule has 2 N–H and O–H groups in total. The van der Waals surface area contributed by atoms with Crippen LogP contribution in [0.15, 0.2) is 80.8 Å². The smallest absolute Gasteiger partial charge is 0.417 e. The molecule has 142 valence electrons. The van der Waals surface area contributed by atoms with Crippen molar-refractivity contribution in [1.82, 2.24) is 4.98 Å². The number of sulfonamides is 1. The number of hydrogen-bond acceptors (Lipinski definition) is 5. The van der Waals surface area contributed by atoms with E-state index in [0.717, 1.165) is 0 Å². The SMILES string of the molecule is Cc1cc2[nH]c(=O)oc2cc1S(=O)(=O)Nc1ccc(Oc2ccccc2)cc1. The summed E-state index contributed by atoms with van der Waals surface area (Å²) in [4.78, 5) is 13.9. The molecule has 0 bridgehead atoms. The summed E-state index contributed by atoms with van der Waals surface area (Å²) >= 11 is 0. The number of hydrogen-bond donors (Lipinski definition) is 2. The molecular formula is C20H16N2O5S. The lowest BCUT2D eigenvalue weighted by Gasteiger charge is -2.11. The van der Waals surface area contributed by atoms with Gasteiger partial charge in [0.2, 0.25) is 0 Å². The number of anilines is 1. The van der Waals surface area contributed by atoms with Crippen LogP contribution in [0.2, 0.25) is 0 Å². The van der Waals surface area contributed by atoms with Gasteiger partial charge in [0, 0.05) is 11.8 Å². The van der Waals surface area contributed by atoms with Gasteiger partial charge in [0.15, 0.2) is 5.58 Å². The van der Waals surface area contributed by atoms with Crippen molar-refractivity contribution in [3.05, 3.63) is 82.8 Å². The fourth-order valence-corrected chi connectivity index (χ4v) is 4.10. The Balaban J connectivity index is 1.58. The van der Waals surface area contributed by atoms with E-state index in [0.29, 0.717) is 28.3 Å². The monoisotopic (exact) mass is 396 g/mol. The van der Waals surface area contributed by atoms with Crippen LogP contribution in [0.25, 0.3) is 11.1 Å². The summed E-state index contributed by atoms with van der Waals surface area (Å²) in [6, 6.07) is 18.7. The quantitative estimate of drug-likeness (QED) is 0.530. The number of oxazole rings is 1. The van der Waals surface area contributed by atoms with Crippen LogP contribution >= 0.6 is 0 Å². The second-order valence-corrected chi connectivity index (χ2v) is 7.82. The molecule has 0 fully saturated rings. The first-order valence-electron chi connectivity index (χ1n) is 8.40. The van der Waals surface area contributed by atoms with Crippen molar-refractivity contribution in [3.8, 4) is 11.5 Å². The van der Waals surface area contributed by atoms with Gasteiger partial charge in [-0.1, -0.05) is 18.2 Å². The molecule has 0 unspecified atom stereocenters. The number of fused-ring (bicyclic) bond motifs is 1. The van der Waals surface area contributed by atoms with Crippen molar-refractivity contribution in [1.29, 1.82) is 0 Å². The van der Waals surface area contributed by atoms with Gasteiger partial charge in [0.1, 0.15) is 11.5 Å². The molecule has 0 radical (unpaired) electrons. The van der Waals surface area contributed by atoms with Crippen molar-refractivity contribution in [3.63, 3.8) is 0 Å². The van der Waals surface area contributed by atoms with Crippen molar-refractivity contribution < 1.29 is 17.6 Å². The molecule has 7 nitrogen and oxygen atoms in total. The summed E-state index contributed by atoms with van der Waals surface area (Å²) in [5, 5.41) is 0. The molecule has 4 aromatic rings. The van der Waals surface area contributed by atoms with E-state index < -0.39 is 15.8 Å². The lowest BCUT2D eigenvalue weighted by molar-refractivity contribution is 0.483. The summed E-state index contributed by atoms with van der Waals surface area (Å²) in [7, 11) is -3.86. The Labute approximate surface area is 160 Å². The largest absolute Gasteiger partial charge is 0.457 e. The van der Waals surface area contributed by atoms with Gasteiger partial charge < -0.3 is 9.15 Å². The van der Waals surface area contributed by atoms with Crippen molar-refractivity contribution in [2.45, 2.75) is 11.8 Å². The zero-order chi connectivity index (χ0) is 19.7. The molecular weight excluding hydrogens is 380 g/mol. The summed E-state index contributed by atoms with van der Waals surface area (Å²) in [6.07, 6.45) is 0. The van der Waals surface area contributed by atoms with E-state index in [1.165, 1.54) is 6.07 Å². The fourth-order valence-electron chi connectivity index (χ4n) is 2.80. The van der Waals surface area contributed by atoms with Gasteiger partial charge in [-0.05, 0) is 55.0 Å². The number of aromatic nitrogens is 1. The Morgan fingerprint density at radius 1 is 0.964 bits per heavy atom. The lowest BCUT2D eigenvalue weighted by atomic mass is 10.2. The number of benzene rings is 3. The first-order valence-corrected chi connectivity index (χ1v) is 9.88. The van der Waals surface area contributed by atoms with E-state index in [1.807, 2.05) is 30.3 Å². The number of rotatable bonds is 5. The number of nitrogens with one attached hydrogen (secondary N) is 2. The highest BCUT2D eigenvalue weighted by atomic mass is 32.2. The zero-order valence-corrected chi connectivity index (χ0v) is 15.6. The van der Waals surface area contributed by atoms with Crippen LogP contribution in [0, 0.1) is 6.92 Å². The predicted octanol–water partition coefficient (Wildman–Crippen LogP) is 4.02. The Bertz CT molecular complexity index is 1290. The fraction of sp³-hybridized carbons (Fsp3) is 0.0500. The third kappa shape index (κ3) is 3.63. The molecule has 0 amide bonds. The Morgan fingerprint density at radius 3 is 2.36 bits per heavy atom. The Hall–Kier alpha value is -3.52. The van der Waals surface area contributed by atoms with E-state index in [9.17, 15) is 13.2 Å². The molecule has 0 aliphatic heterocycles. The molecule has 1 heterocycles. The highest BCUT2D eigenvalue weighted by Crippen LogP contribution is 2.26. The van der Waals surface area contributed by atoms with Gasteiger partial charge in [-0.15, -0.1) is 0 Å². The standard InChI is InChI=1S/C20H16N2O5S/c1-13-11-17-18(27-20(23)21-17)12-19(13)28(24,25)22-14-7-9-16(10-8-14)26-15-5-3-2-4-6-15/h2-12,22H,1H3,(H,21,23). The number of ether oxygens (including phenoxy) is 1. The van der Waals surface area contributed by atoms with E-state index in [2.05, 4.69) is 9.71 Å². The third-order valence-corrected chi connectivity index (χ3v) is 5.61. The van der Waals surface area contributed by atoms with Crippen LogP contribution in [0.5, 0.6) is 11.5 Å². The van der Waals surface area contributed by atoms with Gasteiger partial charge >= 0.3 is 5.76 Å². The maximum Gasteiger partial charge on any atom is 0.417 e. The topological polar surface area (TPSA) is 101 Å². The summed E-state index contributed by atoms with van der Waals surface area (Å²) in [5.74, 6) is 0.638. The Morgan fingerprint density at radius 2 is 1.64 bits per heavy atom. The highest BCUT2D eigenvalue weighted by Gasteiger charge is 2.19. The van der Waals surface area contributed by atoms with Crippen LogP contribution in [0.3, 0.4) is 0 Å². The molecule has 4 rings (SSSR count). The van der Waals surface area contributed by atoms with Crippen molar-refractivity contribution >= 4 is 26.8 Å². The third-order valence-electron chi connectivity index (χ3n) is 4.09. The predicted molar refractivity (Wildman–Crippen MR) is 105 cm³/mol. The van der Waals surface area contributed by atoms with Gasteiger partial charge in [-0.3, -0.25) is 9.71 Å². The Kier molecular flexibility index (Phi) is 4.40. The van der Waals surface area contributed by atoms with Crippen LogP contribution in [0.4, 0.5) is 5.69 Å². The second-order valence-electron chi connectivity index (χ2n) is 6.17.